The van der Waals surface area contributed by atoms with E-state index < -0.39 is 6.10 Å². The lowest BCUT2D eigenvalue weighted by Gasteiger charge is -2.32. The van der Waals surface area contributed by atoms with Crippen molar-refractivity contribution in [2.75, 3.05) is 0 Å². The van der Waals surface area contributed by atoms with Crippen LogP contribution in [0.2, 0.25) is 0 Å². The van der Waals surface area contributed by atoms with Gasteiger partial charge in [0, 0.05) is 5.92 Å². The van der Waals surface area contributed by atoms with Gasteiger partial charge in [0.2, 0.25) is 0 Å². The molecule has 1 aliphatic heterocycles. The Hall–Kier alpha value is -1.10. The third kappa shape index (κ3) is 3.57. The predicted molar refractivity (Wildman–Crippen MR) is 85.8 cm³/mol. The van der Waals surface area contributed by atoms with Gasteiger partial charge in [0.25, 0.3) is 0 Å². The van der Waals surface area contributed by atoms with Crippen molar-refractivity contribution in [1.29, 1.82) is 0 Å². The van der Waals surface area contributed by atoms with Crippen molar-refractivity contribution in [3.05, 3.63) is 47.9 Å². The minimum atomic E-state index is -0.523. The first kappa shape index (κ1) is 16.3. The van der Waals surface area contributed by atoms with Gasteiger partial charge in [-0.2, -0.15) is 0 Å². The van der Waals surface area contributed by atoms with Gasteiger partial charge in [-0.15, -0.1) is 0 Å². The molecule has 21 heavy (non-hydrogen) atoms. The molecule has 2 atom stereocenters. The van der Waals surface area contributed by atoms with Crippen LogP contribution >= 0.6 is 0 Å². The van der Waals surface area contributed by atoms with E-state index in [1.54, 1.807) is 0 Å². The van der Waals surface area contributed by atoms with Gasteiger partial charge in [-0.05, 0) is 33.3 Å². The summed E-state index contributed by atoms with van der Waals surface area (Å²) in [6.07, 6.45) is 1.43. The maximum atomic E-state index is 10.3. The van der Waals surface area contributed by atoms with Crippen LogP contribution in [-0.2, 0) is 9.31 Å². The molecule has 1 aromatic carbocycles. The molecule has 1 N–H and O–H groups in total. The zero-order valence-corrected chi connectivity index (χ0v) is 13.5. The van der Waals surface area contributed by atoms with Gasteiger partial charge >= 0.3 is 7.12 Å². The van der Waals surface area contributed by atoms with Crippen LogP contribution < -0.4 is 0 Å². The van der Waals surface area contributed by atoms with Crippen LogP contribution in [0, 0.1) is 5.92 Å². The molecule has 1 aromatic rings. The van der Waals surface area contributed by atoms with Crippen molar-refractivity contribution in [3.8, 4) is 0 Å². The molecule has 0 aliphatic carbocycles. The Balaban J connectivity index is 1.99. The first-order valence-electron chi connectivity index (χ1n) is 7.50. The van der Waals surface area contributed by atoms with Crippen molar-refractivity contribution >= 4 is 7.12 Å². The van der Waals surface area contributed by atoms with E-state index in [-0.39, 0.29) is 24.2 Å². The standard InChI is InChI=1S/C17H25BO3/c1-13(15(19)14-9-7-6-8-10-14)11-12-18-20-16(2,3)17(4,5)21-18/h6-13,15,19H,1-5H3/b12-11+/t13-,15-/m1/s1. The summed E-state index contributed by atoms with van der Waals surface area (Å²) in [4.78, 5) is 0. The second kappa shape index (κ2) is 5.95. The Morgan fingerprint density at radius 1 is 1.05 bits per heavy atom. The number of hydrogen-bond donors (Lipinski definition) is 1. The first-order chi connectivity index (χ1) is 9.73. The molecule has 0 unspecified atom stereocenters. The maximum absolute atomic E-state index is 10.3. The van der Waals surface area contributed by atoms with Crippen molar-refractivity contribution in [2.24, 2.45) is 5.92 Å². The Morgan fingerprint density at radius 2 is 1.57 bits per heavy atom. The Labute approximate surface area is 128 Å². The molecule has 1 saturated heterocycles. The molecule has 1 heterocycles. The second-order valence-corrected chi connectivity index (χ2v) is 6.72. The molecule has 1 fully saturated rings. The van der Waals surface area contributed by atoms with Gasteiger partial charge in [-0.3, -0.25) is 0 Å². The van der Waals surface area contributed by atoms with E-state index in [1.807, 2.05) is 77.0 Å². The summed E-state index contributed by atoms with van der Waals surface area (Å²) in [6.45, 7) is 10.1. The molecule has 0 bridgehead atoms. The third-order valence-corrected chi connectivity index (χ3v) is 4.48. The van der Waals surface area contributed by atoms with Gasteiger partial charge in [0.15, 0.2) is 0 Å². The Bertz CT molecular complexity index is 480. The van der Waals surface area contributed by atoms with Crippen molar-refractivity contribution in [2.45, 2.75) is 51.9 Å². The summed E-state index contributed by atoms with van der Waals surface area (Å²) in [7, 11) is -0.361. The largest absolute Gasteiger partial charge is 0.486 e. The normalized spacial score (nSPS) is 23.4. The fourth-order valence-electron chi connectivity index (χ4n) is 2.29. The first-order valence-corrected chi connectivity index (χ1v) is 7.50. The van der Waals surface area contributed by atoms with Crippen molar-refractivity contribution in [3.63, 3.8) is 0 Å². The lowest BCUT2D eigenvalue weighted by atomic mass is 9.86. The maximum Gasteiger partial charge on any atom is 0.486 e. The smallest absolute Gasteiger partial charge is 0.400 e. The van der Waals surface area contributed by atoms with Crippen LogP contribution in [0.4, 0.5) is 0 Å². The third-order valence-electron chi connectivity index (χ3n) is 4.48. The molecule has 114 valence electrons. The van der Waals surface area contributed by atoms with Gasteiger partial charge in [-0.1, -0.05) is 49.3 Å². The van der Waals surface area contributed by atoms with Gasteiger partial charge in [-0.25, -0.2) is 0 Å². The minimum absolute atomic E-state index is 0.00794. The molecule has 1 aliphatic rings. The molecule has 4 heteroatoms. The molecule has 0 radical (unpaired) electrons. The van der Waals surface area contributed by atoms with Gasteiger partial charge in [0.1, 0.15) is 0 Å². The zero-order valence-electron chi connectivity index (χ0n) is 13.5. The van der Waals surface area contributed by atoms with E-state index in [1.165, 1.54) is 0 Å². The number of benzene rings is 1. The van der Waals surface area contributed by atoms with E-state index in [0.717, 1.165) is 5.56 Å². The number of hydrogen-bond acceptors (Lipinski definition) is 3. The molecular weight excluding hydrogens is 263 g/mol. The van der Waals surface area contributed by atoms with Crippen molar-refractivity contribution in [1.82, 2.24) is 0 Å². The molecule has 3 nitrogen and oxygen atoms in total. The number of aliphatic hydroxyl groups is 1. The van der Waals surface area contributed by atoms with Crippen molar-refractivity contribution < 1.29 is 14.4 Å². The van der Waals surface area contributed by atoms with E-state index in [4.69, 9.17) is 9.31 Å². The average molecular weight is 288 g/mol. The minimum Gasteiger partial charge on any atom is -0.400 e. The zero-order chi connectivity index (χ0) is 15.7. The van der Waals surface area contributed by atoms with E-state index >= 15 is 0 Å². The molecule has 0 saturated carbocycles. The topological polar surface area (TPSA) is 38.7 Å². The highest BCUT2D eigenvalue weighted by Crippen LogP contribution is 2.37. The van der Waals surface area contributed by atoms with E-state index in [0.29, 0.717) is 0 Å². The number of aliphatic hydroxyl groups excluding tert-OH is 1. The quantitative estimate of drug-likeness (QED) is 0.861. The second-order valence-electron chi connectivity index (χ2n) is 6.72. The molecule has 0 amide bonds. The summed E-state index contributed by atoms with van der Waals surface area (Å²) in [5.74, 6) is 1.89. The Kier molecular flexibility index (Phi) is 4.62. The highest BCUT2D eigenvalue weighted by molar-refractivity contribution is 6.51. The van der Waals surface area contributed by atoms with Crippen LogP contribution in [-0.4, -0.2) is 23.4 Å². The van der Waals surface area contributed by atoms with Crippen LogP contribution in [0.1, 0.15) is 46.3 Å². The number of rotatable bonds is 4. The van der Waals surface area contributed by atoms with Gasteiger partial charge < -0.3 is 14.4 Å². The SMILES string of the molecule is C[C@H](/C=C/B1OC(C)(C)C(C)(C)O1)[C@@H](O)c1ccccc1. The van der Waals surface area contributed by atoms with Crippen LogP contribution in [0.5, 0.6) is 0 Å². The summed E-state index contributed by atoms with van der Waals surface area (Å²) >= 11 is 0. The molecular formula is C17H25BO3. The summed E-state index contributed by atoms with van der Waals surface area (Å²) in [5, 5.41) is 10.3. The van der Waals surface area contributed by atoms with Crippen LogP contribution in [0.3, 0.4) is 0 Å². The summed E-state index contributed by atoms with van der Waals surface area (Å²) in [5.41, 5.74) is 0.260. The van der Waals surface area contributed by atoms with E-state index in [9.17, 15) is 5.11 Å². The van der Waals surface area contributed by atoms with Gasteiger partial charge in [0.05, 0.1) is 17.3 Å². The van der Waals surface area contributed by atoms with Crippen LogP contribution in [0.15, 0.2) is 42.4 Å². The molecule has 2 rings (SSSR count). The average Bonchev–Trinajstić information content (AvgIpc) is 2.64. The lowest BCUT2D eigenvalue weighted by Crippen LogP contribution is -2.41. The fraction of sp³-hybridized carbons (Fsp3) is 0.529. The highest BCUT2D eigenvalue weighted by Gasteiger charge is 2.50. The fourth-order valence-corrected chi connectivity index (χ4v) is 2.29. The molecule has 0 aromatic heterocycles. The summed E-state index contributed by atoms with van der Waals surface area (Å²) in [6, 6.07) is 9.68. The monoisotopic (exact) mass is 288 g/mol. The summed E-state index contributed by atoms with van der Waals surface area (Å²) < 4.78 is 11.8. The Morgan fingerprint density at radius 3 is 2.10 bits per heavy atom. The van der Waals surface area contributed by atoms with Crippen LogP contribution in [0.25, 0.3) is 0 Å². The highest BCUT2D eigenvalue weighted by atomic mass is 16.7. The van der Waals surface area contributed by atoms with E-state index in [2.05, 4.69) is 0 Å². The predicted octanol–water partition coefficient (Wildman–Crippen LogP) is 3.54. The molecule has 0 spiro atoms. The lowest BCUT2D eigenvalue weighted by molar-refractivity contribution is 0.00578.